The molecule has 0 atom stereocenters. The van der Waals surface area contributed by atoms with Gasteiger partial charge in [-0.25, -0.2) is 0 Å². The van der Waals surface area contributed by atoms with E-state index < -0.39 is 0 Å². The summed E-state index contributed by atoms with van der Waals surface area (Å²) in [6.07, 6.45) is 13.6. The molecule has 0 heterocycles. The van der Waals surface area contributed by atoms with Gasteiger partial charge in [-0.2, -0.15) is 0 Å². The molecule has 2 aliphatic carbocycles. The highest BCUT2D eigenvalue weighted by molar-refractivity contribution is 5.55. The fraction of sp³-hybridized carbons (Fsp3) is 0.333. The number of fused-ring (bicyclic) bond motifs is 2. The molecule has 25 heavy (non-hydrogen) atoms. The molecule has 0 saturated carbocycles. The van der Waals surface area contributed by atoms with Gasteiger partial charge in [-0.15, -0.1) is 0 Å². The second kappa shape index (κ2) is 6.65. The minimum Gasteiger partial charge on any atom is -0.367 e. The zero-order valence-electron chi connectivity index (χ0n) is 15.2. The van der Waals surface area contributed by atoms with E-state index in [1.54, 1.807) is 0 Å². The van der Waals surface area contributed by atoms with Crippen molar-refractivity contribution in [2.24, 2.45) is 0 Å². The molecule has 0 spiro atoms. The minimum absolute atomic E-state index is 0.270. The van der Waals surface area contributed by atoms with Crippen molar-refractivity contribution in [1.82, 2.24) is 0 Å². The van der Waals surface area contributed by atoms with Gasteiger partial charge < -0.3 is 4.74 Å². The monoisotopic (exact) mass is 330 g/mol. The lowest BCUT2D eigenvalue weighted by Gasteiger charge is -2.21. The number of ether oxygens (including phenoxy) is 1. The lowest BCUT2D eigenvalue weighted by molar-refractivity contribution is 0.0399. The molecule has 0 radical (unpaired) electrons. The van der Waals surface area contributed by atoms with Gasteiger partial charge >= 0.3 is 0 Å². The van der Waals surface area contributed by atoms with Crippen molar-refractivity contribution in [3.05, 3.63) is 81.9 Å². The van der Waals surface area contributed by atoms with Crippen LogP contribution in [-0.4, -0.2) is 12.2 Å². The molecule has 2 aromatic rings. The minimum atomic E-state index is -0.270. The second-order valence-electron chi connectivity index (χ2n) is 7.71. The Bertz CT molecular complexity index is 839. The van der Waals surface area contributed by atoms with Gasteiger partial charge in [0.05, 0.1) is 12.2 Å². The summed E-state index contributed by atoms with van der Waals surface area (Å²) in [5.41, 5.74) is 8.30. The molecule has 128 valence electrons. The Morgan fingerprint density at radius 3 is 1.88 bits per heavy atom. The first kappa shape index (κ1) is 16.4. The third kappa shape index (κ3) is 3.77. The van der Waals surface area contributed by atoms with E-state index in [9.17, 15) is 0 Å². The summed E-state index contributed by atoms with van der Waals surface area (Å²) in [4.78, 5) is 0. The first-order valence-corrected chi connectivity index (χ1v) is 9.32. The van der Waals surface area contributed by atoms with E-state index in [0.29, 0.717) is 6.61 Å². The third-order valence-corrected chi connectivity index (χ3v) is 5.33. The molecule has 0 amide bonds. The molecule has 0 saturated heterocycles. The molecular weight excluding hydrogens is 304 g/mol. The molecule has 1 heteroatoms. The normalized spacial score (nSPS) is 15.8. The SMILES string of the molecule is CC(C)(/C=C/c1ccc2c(c1)CC2)OC/C=C/c1ccc2c(c1)CC2. The summed E-state index contributed by atoms with van der Waals surface area (Å²) in [6, 6.07) is 13.5. The van der Waals surface area contributed by atoms with Crippen molar-refractivity contribution in [3.63, 3.8) is 0 Å². The van der Waals surface area contributed by atoms with Crippen molar-refractivity contribution in [3.8, 4) is 0 Å². The Balaban J connectivity index is 1.31. The van der Waals surface area contributed by atoms with Gasteiger partial charge in [0.15, 0.2) is 0 Å². The van der Waals surface area contributed by atoms with E-state index in [4.69, 9.17) is 4.74 Å². The van der Waals surface area contributed by atoms with Crippen molar-refractivity contribution in [2.75, 3.05) is 6.61 Å². The number of benzene rings is 2. The summed E-state index contributed by atoms with van der Waals surface area (Å²) < 4.78 is 6.04. The second-order valence-corrected chi connectivity index (χ2v) is 7.71. The lowest BCUT2D eigenvalue weighted by Crippen LogP contribution is -2.21. The first-order chi connectivity index (χ1) is 12.1. The highest BCUT2D eigenvalue weighted by atomic mass is 16.5. The Hall–Kier alpha value is -2.12. The van der Waals surface area contributed by atoms with E-state index >= 15 is 0 Å². The van der Waals surface area contributed by atoms with Crippen molar-refractivity contribution in [1.29, 1.82) is 0 Å². The van der Waals surface area contributed by atoms with Crippen molar-refractivity contribution >= 4 is 12.2 Å². The molecule has 0 aromatic heterocycles. The van der Waals surface area contributed by atoms with Gasteiger partial charge in [0, 0.05) is 0 Å². The summed E-state index contributed by atoms with van der Waals surface area (Å²) in [5, 5.41) is 0. The summed E-state index contributed by atoms with van der Waals surface area (Å²) in [6.45, 7) is 4.85. The fourth-order valence-corrected chi connectivity index (χ4v) is 3.43. The number of hydrogen-bond acceptors (Lipinski definition) is 1. The zero-order chi connectivity index (χ0) is 17.3. The molecule has 2 aliphatic rings. The van der Waals surface area contributed by atoms with E-state index in [1.807, 2.05) is 0 Å². The molecule has 0 fully saturated rings. The van der Waals surface area contributed by atoms with Crippen LogP contribution >= 0.6 is 0 Å². The number of aryl methyl sites for hydroxylation is 4. The van der Waals surface area contributed by atoms with E-state index in [-0.39, 0.29) is 5.60 Å². The maximum Gasteiger partial charge on any atom is 0.0813 e. The van der Waals surface area contributed by atoms with Crippen molar-refractivity contribution in [2.45, 2.75) is 45.1 Å². The van der Waals surface area contributed by atoms with Crippen LogP contribution in [0, 0.1) is 0 Å². The van der Waals surface area contributed by atoms with Gasteiger partial charge in [-0.05, 0) is 72.9 Å². The predicted octanol–water partition coefficient (Wildman–Crippen LogP) is 5.41. The quantitative estimate of drug-likeness (QED) is 0.688. The fourth-order valence-electron chi connectivity index (χ4n) is 3.43. The smallest absolute Gasteiger partial charge is 0.0813 e. The average Bonchev–Trinajstić information content (AvgIpc) is 2.54. The van der Waals surface area contributed by atoms with Gasteiger partial charge in [0.25, 0.3) is 0 Å². The lowest BCUT2D eigenvalue weighted by atomic mass is 9.87. The zero-order valence-corrected chi connectivity index (χ0v) is 15.2. The van der Waals surface area contributed by atoms with Crippen molar-refractivity contribution < 1.29 is 4.74 Å². The summed E-state index contributed by atoms with van der Waals surface area (Å²) in [7, 11) is 0. The van der Waals surface area contributed by atoms with Crippen LogP contribution in [0.25, 0.3) is 12.2 Å². The maximum atomic E-state index is 6.04. The Morgan fingerprint density at radius 2 is 1.36 bits per heavy atom. The van der Waals surface area contributed by atoms with Crippen LogP contribution in [0.5, 0.6) is 0 Å². The largest absolute Gasteiger partial charge is 0.367 e. The van der Waals surface area contributed by atoms with Gasteiger partial charge in [0.2, 0.25) is 0 Å². The topological polar surface area (TPSA) is 9.23 Å². The Morgan fingerprint density at radius 1 is 0.800 bits per heavy atom. The van der Waals surface area contributed by atoms with E-state index in [1.165, 1.54) is 59.1 Å². The van der Waals surface area contributed by atoms with Gasteiger partial charge in [-0.1, -0.05) is 60.7 Å². The number of hydrogen-bond donors (Lipinski definition) is 0. The van der Waals surface area contributed by atoms with Crippen LogP contribution in [0.4, 0.5) is 0 Å². The highest BCUT2D eigenvalue weighted by Crippen LogP contribution is 2.25. The van der Waals surface area contributed by atoms with Crippen LogP contribution in [0.1, 0.15) is 47.2 Å². The maximum absolute atomic E-state index is 6.04. The molecule has 0 N–H and O–H groups in total. The van der Waals surface area contributed by atoms with E-state index in [0.717, 1.165) is 0 Å². The van der Waals surface area contributed by atoms with Crippen LogP contribution < -0.4 is 0 Å². The van der Waals surface area contributed by atoms with E-state index in [2.05, 4.69) is 74.5 Å². The standard InChI is InChI=1S/C24H26O/c1-24(2,14-13-19-6-8-21-10-12-23(21)17-19)25-15-3-4-18-5-7-20-9-11-22(20)16-18/h3-8,13-14,16-17H,9-12,15H2,1-2H3/b4-3+,14-13+. The average molecular weight is 330 g/mol. The van der Waals surface area contributed by atoms with Crippen LogP contribution in [-0.2, 0) is 30.4 Å². The summed E-state index contributed by atoms with van der Waals surface area (Å²) in [5.74, 6) is 0. The molecule has 0 bridgehead atoms. The predicted molar refractivity (Wildman–Crippen MR) is 106 cm³/mol. The molecule has 4 rings (SSSR count). The molecule has 0 aliphatic heterocycles. The Labute approximate surface area is 151 Å². The van der Waals surface area contributed by atoms with Crippen LogP contribution in [0.15, 0.2) is 48.6 Å². The first-order valence-electron chi connectivity index (χ1n) is 9.32. The molecule has 0 unspecified atom stereocenters. The molecular formula is C24H26O. The molecule has 2 aromatic carbocycles. The Kier molecular flexibility index (Phi) is 4.35. The van der Waals surface area contributed by atoms with Gasteiger partial charge in [-0.3, -0.25) is 0 Å². The third-order valence-electron chi connectivity index (χ3n) is 5.33. The van der Waals surface area contributed by atoms with Crippen LogP contribution in [0.3, 0.4) is 0 Å². The number of rotatable bonds is 6. The highest BCUT2D eigenvalue weighted by Gasteiger charge is 2.15. The van der Waals surface area contributed by atoms with Crippen LogP contribution in [0.2, 0.25) is 0 Å². The summed E-state index contributed by atoms with van der Waals surface area (Å²) >= 11 is 0. The van der Waals surface area contributed by atoms with Gasteiger partial charge in [0.1, 0.15) is 0 Å². The molecule has 1 nitrogen and oxygen atoms in total.